The highest BCUT2D eigenvalue weighted by molar-refractivity contribution is 7.12. The van der Waals surface area contributed by atoms with Crippen LogP contribution in [-0.2, 0) is 24.1 Å². The van der Waals surface area contributed by atoms with Gasteiger partial charge in [0.2, 0.25) is 0 Å². The maximum absolute atomic E-state index is 13.5. The Morgan fingerprint density at radius 2 is 1.82 bits per heavy atom. The average molecular weight is 476 g/mol. The number of aliphatic carboxylic acids is 1. The van der Waals surface area contributed by atoms with Crippen LogP contribution in [0.2, 0.25) is 0 Å². The normalized spacial score (nSPS) is 18.4. The summed E-state index contributed by atoms with van der Waals surface area (Å²) in [7, 11) is 0. The molecule has 1 aromatic heterocycles. The lowest BCUT2D eigenvalue weighted by Gasteiger charge is -2.13. The summed E-state index contributed by atoms with van der Waals surface area (Å²) in [4.78, 5) is 10.9. The number of carboxylic acid groups (broad SMARTS) is 1. The molecule has 0 saturated heterocycles. The van der Waals surface area contributed by atoms with Crippen molar-refractivity contribution in [3.8, 4) is 16.9 Å². The van der Waals surface area contributed by atoms with Gasteiger partial charge < -0.3 is 15.2 Å². The van der Waals surface area contributed by atoms with Crippen LogP contribution in [0.15, 0.2) is 60.7 Å². The zero-order chi connectivity index (χ0) is 23.4. The molecule has 3 aromatic rings. The fourth-order valence-electron chi connectivity index (χ4n) is 4.07. The number of hydrogen-bond acceptors (Lipinski definition) is 4. The molecule has 1 fully saturated rings. The highest BCUT2D eigenvalue weighted by Gasteiger charge is 2.36. The SMILES string of the molecule is O=C(O)[C@@H]1CCC(NCc2ccc(OCc3cc(-c4ccccc4)c(C(F)(F)F)s3)cc2)C1. The van der Waals surface area contributed by atoms with Crippen molar-refractivity contribution in [2.24, 2.45) is 5.92 Å². The summed E-state index contributed by atoms with van der Waals surface area (Å²) >= 11 is 0.706. The Morgan fingerprint density at radius 3 is 2.45 bits per heavy atom. The summed E-state index contributed by atoms with van der Waals surface area (Å²) in [5.41, 5.74) is 1.73. The van der Waals surface area contributed by atoms with Crippen LogP contribution in [-0.4, -0.2) is 17.1 Å². The summed E-state index contributed by atoms with van der Waals surface area (Å²) in [6, 6.07) is 17.7. The van der Waals surface area contributed by atoms with Gasteiger partial charge in [-0.1, -0.05) is 42.5 Å². The van der Waals surface area contributed by atoms with Crippen molar-refractivity contribution in [2.45, 2.75) is 44.6 Å². The van der Waals surface area contributed by atoms with E-state index in [-0.39, 0.29) is 24.1 Å². The molecular formula is C25H24F3NO3S. The largest absolute Gasteiger partial charge is 0.488 e. The van der Waals surface area contributed by atoms with E-state index in [4.69, 9.17) is 9.84 Å². The molecule has 0 aliphatic heterocycles. The van der Waals surface area contributed by atoms with Gasteiger partial charge in [-0.2, -0.15) is 13.2 Å². The van der Waals surface area contributed by atoms with Gasteiger partial charge in [0, 0.05) is 23.0 Å². The summed E-state index contributed by atoms with van der Waals surface area (Å²) in [6.45, 7) is 0.675. The van der Waals surface area contributed by atoms with E-state index in [1.54, 1.807) is 48.5 Å². The molecule has 1 saturated carbocycles. The number of ether oxygens (including phenoxy) is 1. The van der Waals surface area contributed by atoms with Crippen molar-refractivity contribution in [3.05, 3.63) is 76.0 Å². The van der Waals surface area contributed by atoms with Gasteiger partial charge in [-0.15, -0.1) is 11.3 Å². The molecular weight excluding hydrogens is 451 g/mol. The second kappa shape index (κ2) is 9.97. The predicted octanol–water partition coefficient (Wildman–Crippen LogP) is 6.36. The van der Waals surface area contributed by atoms with Crippen molar-refractivity contribution >= 4 is 17.3 Å². The van der Waals surface area contributed by atoms with Gasteiger partial charge >= 0.3 is 12.1 Å². The number of thiophene rings is 1. The maximum Gasteiger partial charge on any atom is 0.426 e. The first-order valence-electron chi connectivity index (χ1n) is 10.7. The van der Waals surface area contributed by atoms with Crippen LogP contribution in [0, 0.1) is 5.92 Å². The number of rotatable bonds is 8. The minimum atomic E-state index is -4.42. The number of halogens is 3. The van der Waals surface area contributed by atoms with E-state index < -0.39 is 17.0 Å². The summed E-state index contributed by atoms with van der Waals surface area (Å²) in [5, 5.41) is 12.5. The molecule has 2 atom stereocenters. The van der Waals surface area contributed by atoms with E-state index in [0.717, 1.165) is 12.0 Å². The smallest absolute Gasteiger partial charge is 0.426 e. The molecule has 2 N–H and O–H groups in total. The third kappa shape index (κ3) is 5.94. The number of carboxylic acids is 1. The minimum absolute atomic E-state index is 0.0524. The Labute approximate surface area is 194 Å². The molecule has 1 aliphatic rings. The zero-order valence-corrected chi connectivity index (χ0v) is 18.6. The van der Waals surface area contributed by atoms with Crippen molar-refractivity contribution in [1.29, 1.82) is 0 Å². The van der Waals surface area contributed by atoms with Crippen molar-refractivity contribution in [1.82, 2.24) is 5.32 Å². The standard InChI is InChI=1S/C25H24F3NO3S/c26-25(27,28)23-22(17-4-2-1-3-5-17)13-21(33-23)15-32-20-10-6-16(7-11-20)14-29-19-9-8-18(12-19)24(30)31/h1-7,10-11,13,18-19,29H,8-9,12,14-15H2,(H,30,31)/t18-,19?/m1/s1. The van der Waals surface area contributed by atoms with Crippen LogP contribution in [0.25, 0.3) is 11.1 Å². The Bertz CT molecular complexity index is 1080. The van der Waals surface area contributed by atoms with Crippen LogP contribution in [0.5, 0.6) is 5.75 Å². The molecule has 0 radical (unpaired) electrons. The van der Waals surface area contributed by atoms with Crippen LogP contribution in [0.4, 0.5) is 13.2 Å². The molecule has 0 spiro atoms. The van der Waals surface area contributed by atoms with Crippen LogP contribution in [0.1, 0.15) is 34.6 Å². The molecule has 4 rings (SSSR count). The Kier molecular flexibility index (Phi) is 7.05. The van der Waals surface area contributed by atoms with E-state index in [1.807, 2.05) is 12.1 Å². The number of carbonyl (C=O) groups is 1. The molecule has 1 aliphatic carbocycles. The minimum Gasteiger partial charge on any atom is -0.488 e. The fourth-order valence-corrected chi connectivity index (χ4v) is 5.03. The first kappa shape index (κ1) is 23.3. The molecule has 0 bridgehead atoms. The molecule has 4 nitrogen and oxygen atoms in total. The second-order valence-corrected chi connectivity index (χ2v) is 9.31. The topological polar surface area (TPSA) is 58.6 Å². The van der Waals surface area contributed by atoms with Crippen molar-refractivity contribution in [3.63, 3.8) is 0 Å². The zero-order valence-electron chi connectivity index (χ0n) is 17.8. The van der Waals surface area contributed by atoms with Gasteiger partial charge in [0.25, 0.3) is 0 Å². The molecule has 1 heterocycles. The highest BCUT2D eigenvalue weighted by Crippen LogP contribution is 2.43. The van der Waals surface area contributed by atoms with Gasteiger partial charge in [0.15, 0.2) is 0 Å². The van der Waals surface area contributed by atoms with Crippen LogP contribution >= 0.6 is 11.3 Å². The lowest BCUT2D eigenvalue weighted by molar-refractivity contribution is -0.141. The van der Waals surface area contributed by atoms with Gasteiger partial charge in [-0.3, -0.25) is 4.79 Å². The second-order valence-electron chi connectivity index (χ2n) is 8.18. The fraction of sp³-hybridized carbons (Fsp3) is 0.320. The number of benzene rings is 2. The molecule has 0 amide bonds. The first-order valence-corrected chi connectivity index (χ1v) is 11.5. The van der Waals surface area contributed by atoms with E-state index in [0.29, 0.717) is 46.9 Å². The Morgan fingerprint density at radius 1 is 1.09 bits per heavy atom. The summed E-state index contributed by atoms with van der Waals surface area (Å²) < 4.78 is 46.3. The quantitative estimate of drug-likeness (QED) is 0.398. The molecule has 174 valence electrons. The van der Waals surface area contributed by atoms with Gasteiger partial charge in [0.05, 0.1) is 5.92 Å². The molecule has 1 unspecified atom stereocenters. The van der Waals surface area contributed by atoms with Gasteiger partial charge in [0.1, 0.15) is 17.2 Å². The summed E-state index contributed by atoms with van der Waals surface area (Å²) in [6.07, 6.45) is -2.23. The molecule has 8 heteroatoms. The third-order valence-electron chi connectivity index (χ3n) is 5.81. The van der Waals surface area contributed by atoms with Gasteiger partial charge in [-0.25, -0.2) is 0 Å². The number of hydrogen-bond donors (Lipinski definition) is 2. The Balaban J connectivity index is 1.35. The maximum atomic E-state index is 13.5. The first-order chi connectivity index (χ1) is 15.8. The monoisotopic (exact) mass is 475 g/mol. The van der Waals surface area contributed by atoms with Gasteiger partial charge in [-0.05, 0) is 48.6 Å². The predicted molar refractivity (Wildman–Crippen MR) is 121 cm³/mol. The number of nitrogens with one attached hydrogen (secondary N) is 1. The van der Waals surface area contributed by atoms with E-state index in [2.05, 4.69) is 5.32 Å². The molecule has 33 heavy (non-hydrogen) atoms. The van der Waals surface area contributed by atoms with Crippen molar-refractivity contribution < 1.29 is 27.8 Å². The van der Waals surface area contributed by atoms with E-state index >= 15 is 0 Å². The molecule has 2 aromatic carbocycles. The lowest BCUT2D eigenvalue weighted by Crippen LogP contribution is -2.26. The van der Waals surface area contributed by atoms with E-state index in [9.17, 15) is 18.0 Å². The van der Waals surface area contributed by atoms with Crippen molar-refractivity contribution in [2.75, 3.05) is 0 Å². The lowest BCUT2D eigenvalue weighted by atomic mass is 10.1. The van der Waals surface area contributed by atoms with Crippen LogP contribution in [0.3, 0.4) is 0 Å². The summed E-state index contributed by atoms with van der Waals surface area (Å²) in [5.74, 6) is -0.422. The Hall–Kier alpha value is -2.84. The average Bonchev–Trinajstić information content (AvgIpc) is 3.45. The number of alkyl halides is 3. The highest BCUT2D eigenvalue weighted by atomic mass is 32.1. The third-order valence-corrected chi connectivity index (χ3v) is 6.96. The van der Waals surface area contributed by atoms with E-state index in [1.165, 1.54) is 0 Å². The van der Waals surface area contributed by atoms with Crippen LogP contribution < -0.4 is 10.1 Å².